The first-order valence-electron chi connectivity index (χ1n) is 8.26. The topological polar surface area (TPSA) is 50.4 Å². The lowest BCUT2D eigenvalue weighted by atomic mass is 9.69. The highest BCUT2D eigenvalue weighted by Crippen LogP contribution is 2.51. The molecule has 0 aliphatic carbocycles. The van der Waals surface area contributed by atoms with Crippen molar-refractivity contribution in [2.45, 2.75) is 24.3 Å². The first kappa shape index (κ1) is 16.9. The van der Waals surface area contributed by atoms with E-state index in [1.165, 1.54) is 13.2 Å². The molecule has 2 aromatic rings. The lowest BCUT2D eigenvalue weighted by Crippen LogP contribution is -2.64. The van der Waals surface area contributed by atoms with E-state index in [-0.39, 0.29) is 18.0 Å². The smallest absolute Gasteiger partial charge is 0.416 e. The van der Waals surface area contributed by atoms with Gasteiger partial charge in [-0.3, -0.25) is 10.1 Å². The first-order chi connectivity index (χ1) is 12.4. The maximum absolute atomic E-state index is 13.1. The summed E-state index contributed by atoms with van der Waals surface area (Å²) in [6.07, 6.45) is -4.41. The molecule has 0 amide bonds. The number of benzene rings is 2. The number of hydrogen-bond donors (Lipinski definition) is 2. The molecule has 4 rings (SSSR count). The van der Waals surface area contributed by atoms with E-state index < -0.39 is 23.8 Å². The summed E-state index contributed by atoms with van der Waals surface area (Å²) in [4.78, 5) is 12.1. The number of hydrogen-bond acceptors (Lipinski definition) is 4. The first-order valence-corrected chi connectivity index (χ1v) is 8.26. The van der Waals surface area contributed by atoms with Gasteiger partial charge in [-0.1, -0.05) is 30.3 Å². The minimum absolute atomic E-state index is 0.198. The molecule has 1 saturated heterocycles. The van der Waals surface area contributed by atoms with E-state index in [0.717, 1.165) is 17.7 Å². The minimum Gasteiger partial charge on any atom is -0.468 e. The van der Waals surface area contributed by atoms with Crippen molar-refractivity contribution in [3.8, 4) is 0 Å². The van der Waals surface area contributed by atoms with E-state index in [2.05, 4.69) is 10.6 Å². The van der Waals surface area contributed by atoms with Gasteiger partial charge in [-0.25, -0.2) is 0 Å². The molecule has 0 spiro atoms. The Labute approximate surface area is 148 Å². The predicted octanol–water partition coefficient (Wildman–Crippen LogP) is 3.67. The maximum atomic E-state index is 13.1. The largest absolute Gasteiger partial charge is 0.468 e. The van der Waals surface area contributed by atoms with E-state index >= 15 is 0 Å². The van der Waals surface area contributed by atoms with Gasteiger partial charge in [-0.2, -0.15) is 13.2 Å². The molecule has 2 aromatic carbocycles. The molecule has 1 fully saturated rings. The van der Waals surface area contributed by atoms with Crippen LogP contribution >= 0.6 is 0 Å². The van der Waals surface area contributed by atoms with Crippen molar-refractivity contribution in [2.24, 2.45) is 5.92 Å². The SMILES string of the molecule is COC(=O)C1NC2c3cc(C(F)(F)F)ccc3NC(c3ccccc3)C12. The van der Waals surface area contributed by atoms with Crippen molar-refractivity contribution >= 4 is 11.7 Å². The Morgan fingerprint density at radius 3 is 2.46 bits per heavy atom. The summed E-state index contributed by atoms with van der Waals surface area (Å²) in [5, 5.41) is 6.40. The molecule has 0 bridgehead atoms. The zero-order chi connectivity index (χ0) is 18.5. The highest BCUT2D eigenvalue weighted by atomic mass is 19.4. The van der Waals surface area contributed by atoms with Gasteiger partial charge < -0.3 is 10.1 Å². The summed E-state index contributed by atoms with van der Waals surface area (Å²) >= 11 is 0. The summed E-state index contributed by atoms with van der Waals surface area (Å²) in [6.45, 7) is 0. The molecule has 2 heterocycles. The van der Waals surface area contributed by atoms with Crippen LogP contribution < -0.4 is 10.6 Å². The fourth-order valence-electron chi connectivity index (χ4n) is 3.88. The summed E-state index contributed by atoms with van der Waals surface area (Å²) in [5.74, 6) is -0.648. The van der Waals surface area contributed by atoms with Crippen LogP contribution in [0, 0.1) is 5.92 Å². The van der Waals surface area contributed by atoms with Gasteiger partial charge in [0.1, 0.15) is 6.04 Å². The summed E-state index contributed by atoms with van der Waals surface area (Å²) in [6, 6.07) is 12.1. The van der Waals surface area contributed by atoms with Crippen molar-refractivity contribution in [1.82, 2.24) is 5.32 Å². The Morgan fingerprint density at radius 1 is 1.08 bits per heavy atom. The summed E-state index contributed by atoms with van der Waals surface area (Å²) < 4.78 is 44.1. The van der Waals surface area contributed by atoms with Crippen LogP contribution in [0.4, 0.5) is 18.9 Å². The second kappa shape index (κ2) is 6.02. The molecule has 0 aromatic heterocycles. The zero-order valence-electron chi connectivity index (χ0n) is 13.9. The van der Waals surface area contributed by atoms with Crippen molar-refractivity contribution in [1.29, 1.82) is 0 Å². The highest BCUT2D eigenvalue weighted by Gasteiger charge is 2.53. The third kappa shape index (κ3) is 2.63. The Bertz CT molecular complexity index is 838. The summed E-state index contributed by atoms with van der Waals surface area (Å²) in [5.41, 5.74) is 1.45. The third-order valence-corrected chi connectivity index (χ3v) is 5.15. The highest BCUT2D eigenvalue weighted by molar-refractivity contribution is 5.79. The van der Waals surface area contributed by atoms with Crippen LogP contribution in [0.3, 0.4) is 0 Å². The van der Waals surface area contributed by atoms with Crippen LogP contribution in [0.15, 0.2) is 48.5 Å². The van der Waals surface area contributed by atoms with Gasteiger partial charge in [-0.05, 0) is 29.3 Å². The molecule has 26 heavy (non-hydrogen) atoms. The van der Waals surface area contributed by atoms with Crippen molar-refractivity contribution in [2.75, 3.05) is 12.4 Å². The average molecular weight is 362 g/mol. The molecule has 4 nitrogen and oxygen atoms in total. The van der Waals surface area contributed by atoms with Gasteiger partial charge in [0.2, 0.25) is 0 Å². The fraction of sp³-hybridized carbons (Fsp3) is 0.316. The normalized spacial score (nSPS) is 26.8. The van der Waals surface area contributed by atoms with Crippen LogP contribution in [0.5, 0.6) is 0 Å². The second-order valence-corrected chi connectivity index (χ2v) is 6.55. The van der Waals surface area contributed by atoms with E-state index in [1.807, 2.05) is 30.3 Å². The van der Waals surface area contributed by atoms with Crippen LogP contribution in [-0.4, -0.2) is 19.1 Å². The monoisotopic (exact) mass is 362 g/mol. The number of halogens is 3. The number of rotatable bonds is 2. The molecule has 0 saturated carbocycles. The number of ether oxygens (including phenoxy) is 1. The van der Waals surface area contributed by atoms with E-state index in [9.17, 15) is 18.0 Å². The number of carbonyl (C=O) groups is 1. The van der Waals surface area contributed by atoms with Gasteiger partial charge >= 0.3 is 12.1 Å². The molecule has 2 aliphatic rings. The van der Waals surface area contributed by atoms with Gasteiger partial charge in [0, 0.05) is 17.6 Å². The molecular weight excluding hydrogens is 345 g/mol. The second-order valence-electron chi connectivity index (χ2n) is 6.55. The molecule has 136 valence electrons. The van der Waals surface area contributed by atoms with Gasteiger partial charge in [0.15, 0.2) is 0 Å². The molecule has 2 aliphatic heterocycles. The van der Waals surface area contributed by atoms with E-state index in [4.69, 9.17) is 4.74 Å². The maximum Gasteiger partial charge on any atom is 0.416 e. The fourth-order valence-corrected chi connectivity index (χ4v) is 3.88. The number of alkyl halides is 3. The summed E-state index contributed by atoms with van der Waals surface area (Å²) in [7, 11) is 1.31. The lowest BCUT2D eigenvalue weighted by Gasteiger charge is -2.52. The Kier molecular flexibility index (Phi) is 3.91. The third-order valence-electron chi connectivity index (χ3n) is 5.15. The molecular formula is C19H17F3N2O2. The Hall–Kier alpha value is -2.54. The quantitative estimate of drug-likeness (QED) is 0.801. The number of anilines is 1. The number of methoxy groups -OCH3 is 1. The molecule has 2 N–H and O–H groups in total. The Morgan fingerprint density at radius 2 is 1.81 bits per heavy atom. The van der Waals surface area contributed by atoms with Gasteiger partial charge in [0.05, 0.1) is 18.7 Å². The molecule has 7 heteroatoms. The van der Waals surface area contributed by atoms with Crippen LogP contribution in [0.1, 0.15) is 28.8 Å². The van der Waals surface area contributed by atoms with Crippen LogP contribution in [0.2, 0.25) is 0 Å². The minimum atomic E-state index is -4.41. The molecule has 0 radical (unpaired) electrons. The zero-order valence-corrected chi connectivity index (χ0v) is 13.9. The standard InChI is InChI=1S/C19H17F3N2O2/c1-26-18(25)17-14-15(10-5-3-2-4-6-10)23-13-8-7-11(19(20,21)22)9-12(13)16(14)24-17/h2-9,14-17,23-24H,1H3. The van der Waals surface area contributed by atoms with Gasteiger partial charge in [-0.15, -0.1) is 0 Å². The Balaban J connectivity index is 1.76. The predicted molar refractivity (Wildman–Crippen MR) is 89.4 cm³/mol. The number of esters is 1. The van der Waals surface area contributed by atoms with Crippen molar-refractivity contribution in [3.05, 3.63) is 65.2 Å². The molecule has 4 atom stereocenters. The van der Waals surface area contributed by atoms with Crippen molar-refractivity contribution in [3.63, 3.8) is 0 Å². The number of nitrogens with one attached hydrogen (secondary N) is 2. The van der Waals surface area contributed by atoms with Gasteiger partial charge in [0.25, 0.3) is 0 Å². The van der Waals surface area contributed by atoms with E-state index in [1.54, 1.807) is 0 Å². The molecule has 4 unspecified atom stereocenters. The van der Waals surface area contributed by atoms with Crippen LogP contribution in [-0.2, 0) is 15.7 Å². The number of carbonyl (C=O) groups excluding carboxylic acids is 1. The van der Waals surface area contributed by atoms with E-state index in [0.29, 0.717) is 11.3 Å². The number of fused-ring (bicyclic) bond motifs is 3. The lowest BCUT2D eigenvalue weighted by molar-refractivity contribution is -0.150. The average Bonchev–Trinajstić information content (AvgIpc) is 2.60. The van der Waals surface area contributed by atoms with Crippen molar-refractivity contribution < 1.29 is 22.7 Å². The van der Waals surface area contributed by atoms with Crippen LogP contribution in [0.25, 0.3) is 0 Å².